The Hall–Kier alpha value is -1.72. The largest absolute Gasteiger partial charge is 0.495 e. The molecule has 0 bridgehead atoms. The maximum Gasteiger partial charge on any atom is 0.495 e. The van der Waals surface area contributed by atoms with Crippen molar-refractivity contribution in [2.45, 2.75) is 96.2 Å². The molecule has 0 radical (unpaired) electrons. The Morgan fingerprint density at radius 3 is 2.00 bits per heavy atom. The molecule has 4 nitrogen and oxygen atoms in total. The molecule has 1 heterocycles. The molecule has 0 unspecified atom stereocenters. The molecule has 2 aromatic rings. The molecule has 0 saturated carbocycles. The molecule has 3 rings (SSSR count). The van der Waals surface area contributed by atoms with Crippen LogP contribution in [0.5, 0.6) is 5.75 Å². The Bertz CT molecular complexity index is 1130. The maximum absolute atomic E-state index is 15.5. The summed E-state index contributed by atoms with van der Waals surface area (Å²) in [5.74, 6) is 3.60. The average molecular weight is 517 g/mol. The first-order valence-corrected chi connectivity index (χ1v) is 14.6. The molecular weight excluding hydrogens is 474 g/mol. The molecule has 198 valence electrons. The van der Waals surface area contributed by atoms with E-state index in [0.29, 0.717) is 37.9 Å². The monoisotopic (exact) mass is 516 g/mol. The van der Waals surface area contributed by atoms with Gasteiger partial charge in [-0.3, -0.25) is 0 Å². The van der Waals surface area contributed by atoms with Gasteiger partial charge in [-0.1, -0.05) is 53.5 Å². The van der Waals surface area contributed by atoms with Gasteiger partial charge in [-0.25, -0.2) is 4.39 Å². The van der Waals surface area contributed by atoms with Gasteiger partial charge in [0.1, 0.15) is 11.6 Å². The molecule has 0 atom stereocenters. The van der Waals surface area contributed by atoms with Gasteiger partial charge in [-0.2, -0.15) is 10.0 Å². The maximum atomic E-state index is 15.5. The molecule has 0 N–H and O–H groups in total. The zero-order valence-corrected chi connectivity index (χ0v) is 24.6. The van der Waals surface area contributed by atoms with E-state index in [1.807, 2.05) is 39.8 Å². The lowest BCUT2D eigenvalue weighted by Crippen LogP contribution is -2.41. The highest BCUT2D eigenvalue weighted by Crippen LogP contribution is 2.59. The van der Waals surface area contributed by atoms with E-state index in [4.69, 9.17) is 18.8 Å². The Labute approximate surface area is 219 Å². The molecule has 1 aliphatic rings. The molecule has 1 fully saturated rings. The predicted octanol–water partition coefficient (Wildman–Crippen LogP) is 6.60. The van der Waals surface area contributed by atoms with Crippen molar-refractivity contribution in [3.05, 3.63) is 35.6 Å². The minimum absolute atomic E-state index is 0.102. The first kappa shape index (κ1) is 28.9. The van der Waals surface area contributed by atoms with Crippen LogP contribution in [0.2, 0.25) is 0 Å². The Morgan fingerprint density at radius 2 is 1.50 bits per heavy atom. The zero-order valence-electron chi connectivity index (χ0n) is 23.7. The topological polar surface area (TPSA) is 36.9 Å². The fourth-order valence-corrected chi connectivity index (χ4v) is 9.31. The molecule has 0 aromatic heterocycles. The molecule has 0 spiro atoms. The molecule has 36 heavy (non-hydrogen) atoms. The highest BCUT2D eigenvalue weighted by Gasteiger charge is 2.52. The number of hydrogen-bond donors (Lipinski definition) is 0. The Kier molecular flexibility index (Phi) is 8.47. The summed E-state index contributed by atoms with van der Waals surface area (Å²) >= 11 is 0. The molecule has 2 aromatic carbocycles. The van der Waals surface area contributed by atoms with Crippen LogP contribution in [-0.2, 0) is 14.0 Å². The second kappa shape index (κ2) is 10.6. The average Bonchev–Trinajstić information content (AvgIpc) is 2.99. The number of methoxy groups -OCH3 is 1. The van der Waals surface area contributed by atoms with Gasteiger partial charge in [0.05, 0.1) is 16.8 Å². The number of fused-ring (bicyclic) bond motifs is 1. The standard InChI is InChI=1S/C29H42BFO4S/c1-19(2)36(20(3)4,21(5)6)15-14-24-26(31)13-12-22-16-23(33-18-32-11)17-25(27(22)24)30-34-28(7,8)29(9,10)35-30/h12-13,16-17,19-21H,18H2,1-11H3. The Morgan fingerprint density at radius 1 is 0.944 bits per heavy atom. The van der Waals surface area contributed by atoms with Gasteiger partial charge < -0.3 is 18.8 Å². The number of ether oxygens (including phenoxy) is 2. The quantitative estimate of drug-likeness (QED) is 0.236. The molecule has 1 aliphatic heterocycles. The first-order chi connectivity index (χ1) is 16.7. The lowest BCUT2D eigenvalue weighted by Gasteiger charge is -2.46. The van der Waals surface area contributed by atoms with Crippen molar-refractivity contribution in [3.63, 3.8) is 0 Å². The summed E-state index contributed by atoms with van der Waals surface area (Å²) in [6.45, 7) is 21.5. The van der Waals surface area contributed by atoms with Crippen LogP contribution in [0, 0.1) is 17.0 Å². The third-order valence-corrected chi connectivity index (χ3v) is 12.8. The van der Waals surface area contributed by atoms with Gasteiger partial charge in [0.25, 0.3) is 0 Å². The third-order valence-electron chi connectivity index (χ3n) is 7.61. The first-order valence-electron chi connectivity index (χ1n) is 12.7. The molecule has 1 saturated heterocycles. The SMILES string of the molecule is COCOc1cc(B2OC(C)(C)C(C)(C)O2)c2c(C#CS(C(C)C)(C(C)C)C(C)C)c(F)ccc2c1. The second-order valence-corrected chi connectivity index (χ2v) is 15.9. The summed E-state index contributed by atoms with van der Waals surface area (Å²) in [5, 5.41) is 6.33. The van der Waals surface area contributed by atoms with Crippen molar-refractivity contribution in [2.75, 3.05) is 13.9 Å². The van der Waals surface area contributed by atoms with Crippen molar-refractivity contribution < 1.29 is 23.2 Å². The molecule has 0 aliphatic carbocycles. The van der Waals surface area contributed by atoms with Gasteiger partial charge in [-0.15, -0.1) is 0 Å². The molecule has 0 amide bonds. The van der Waals surface area contributed by atoms with Crippen molar-refractivity contribution in [1.29, 1.82) is 0 Å². The van der Waals surface area contributed by atoms with Crippen LogP contribution in [0.3, 0.4) is 0 Å². The normalized spacial score (nSPS) is 17.7. The van der Waals surface area contributed by atoms with Gasteiger partial charge in [0, 0.05) is 12.5 Å². The number of halogens is 1. The van der Waals surface area contributed by atoms with Crippen molar-refractivity contribution in [2.24, 2.45) is 0 Å². The third kappa shape index (κ3) is 5.16. The summed E-state index contributed by atoms with van der Waals surface area (Å²) < 4.78 is 39.2. The van der Waals surface area contributed by atoms with E-state index in [0.717, 1.165) is 5.39 Å². The zero-order chi connectivity index (χ0) is 27.1. The summed E-state index contributed by atoms with van der Waals surface area (Å²) in [6.07, 6.45) is 0. The van der Waals surface area contributed by atoms with Crippen LogP contribution in [0.1, 0.15) is 74.8 Å². The van der Waals surface area contributed by atoms with E-state index in [2.05, 4.69) is 52.7 Å². The van der Waals surface area contributed by atoms with Crippen LogP contribution in [0.4, 0.5) is 4.39 Å². The predicted molar refractivity (Wildman–Crippen MR) is 152 cm³/mol. The van der Waals surface area contributed by atoms with Crippen molar-refractivity contribution in [3.8, 4) is 16.9 Å². The van der Waals surface area contributed by atoms with E-state index in [1.54, 1.807) is 13.2 Å². The van der Waals surface area contributed by atoms with E-state index >= 15 is 4.39 Å². The highest BCUT2D eigenvalue weighted by atomic mass is 32.3. The summed E-state index contributed by atoms with van der Waals surface area (Å²) in [7, 11) is -0.467. The molecular formula is C29H42BFO4S. The number of rotatable bonds is 7. The van der Waals surface area contributed by atoms with Crippen LogP contribution in [0.25, 0.3) is 10.8 Å². The van der Waals surface area contributed by atoms with Crippen LogP contribution < -0.4 is 10.2 Å². The number of hydrogen-bond acceptors (Lipinski definition) is 4. The van der Waals surface area contributed by atoms with Crippen LogP contribution >= 0.6 is 10.0 Å². The molecule has 7 heteroatoms. The van der Waals surface area contributed by atoms with Crippen molar-refractivity contribution >= 4 is 33.4 Å². The highest BCUT2D eigenvalue weighted by molar-refractivity contribution is 8.38. The fourth-order valence-electron chi connectivity index (χ4n) is 5.06. The van der Waals surface area contributed by atoms with E-state index in [1.165, 1.54) is 6.07 Å². The Balaban J connectivity index is 2.32. The van der Waals surface area contributed by atoms with Gasteiger partial charge in [0.15, 0.2) is 6.79 Å². The van der Waals surface area contributed by atoms with E-state index in [-0.39, 0.29) is 12.6 Å². The summed E-state index contributed by atoms with van der Waals surface area (Å²) in [6, 6.07) is 7.00. The second-order valence-electron chi connectivity index (χ2n) is 11.3. The van der Waals surface area contributed by atoms with Gasteiger partial charge in [0.2, 0.25) is 0 Å². The smallest absolute Gasteiger partial charge is 0.468 e. The minimum Gasteiger partial charge on any atom is -0.468 e. The van der Waals surface area contributed by atoms with E-state index < -0.39 is 28.3 Å². The van der Waals surface area contributed by atoms with Crippen molar-refractivity contribution in [1.82, 2.24) is 0 Å². The minimum atomic E-state index is -1.35. The summed E-state index contributed by atoms with van der Waals surface area (Å²) in [4.78, 5) is 0. The van der Waals surface area contributed by atoms with Gasteiger partial charge in [-0.05, 0) is 77.7 Å². The summed E-state index contributed by atoms with van der Waals surface area (Å²) in [5.41, 5.74) is 0.00649. The van der Waals surface area contributed by atoms with E-state index in [9.17, 15) is 0 Å². The van der Waals surface area contributed by atoms with Gasteiger partial charge >= 0.3 is 7.12 Å². The van der Waals surface area contributed by atoms with Crippen LogP contribution in [-0.4, -0.2) is 48.0 Å². The lowest BCUT2D eigenvalue weighted by atomic mass is 9.74. The lowest BCUT2D eigenvalue weighted by molar-refractivity contribution is 0.00578. The number of benzene rings is 2. The fraction of sp³-hybridized carbons (Fsp3) is 0.586. The van der Waals surface area contributed by atoms with Crippen LogP contribution in [0.15, 0.2) is 24.3 Å².